The van der Waals surface area contributed by atoms with Crippen molar-refractivity contribution in [2.24, 2.45) is 5.73 Å². The van der Waals surface area contributed by atoms with Crippen molar-refractivity contribution in [1.82, 2.24) is 0 Å². The van der Waals surface area contributed by atoms with E-state index in [1.54, 1.807) is 0 Å². The molecule has 0 amide bonds. The number of esters is 1. The molecule has 3 nitrogen and oxygen atoms in total. The lowest BCUT2D eigenvalue weighted by Crippen LogP contribution is -2.17. The Kier molecular flexibility index (Phi) is 2.79. The van der Waals surface area contributed by atoms with Crippen LogP contribution in [0.4, 0.5) is 0 Å². The zero-order valence-corrected chi connectivity index (χ0v) is 5.11. The molecule has 0 spiro atoms. The van der Waals surface area contributed by atoms with Gasteiger partial charge in [0.15, 0.2) is 6.23 Å². The van der Waals surface area contributed by atoms with Crippen molar-refractivity contribution in [1.29, 1.82) is 0 Å². The molecule has 1 saturated heterocycles. The van der Waals surface area contributed by atoms with Gasteiger partial charge < -0.3 is 4.74 Å². The van der Waals surface area contributed by atoms with Gasteiger partial charge in [0.1, 0.15) is 0 Å². The van der Waals surface area contributed by atoms with Crippen LogP contribution in [-0.4, -0.2) is 12.2 Å². The molecule has 4 heteroatoms. The van der Waals surface area contributed by atoms with Gasteiger partial charge in [-0.2, -0.15) is 0 Å². The molecule has 0 aromatic carbocycles. The number of hydrogen-bond acceptors (Lipinski definition) is 3. The largest absolute Gasteiger partial charge is 0.447 e. The molecule has 48 valence electrons. The minimum Gasteiger partial charge on any atom is -0.447 e. The molecule has 2 N–H and O–H groups in total. The zero-order chi connectivity index (χ0) is 5.28. The molecule has 8 heavy (non-hydrogen) atoms. The maximum Gasteiger partial charge on any atom is 0.307 e. The van der Waals surface area contributed by atoms with Gasteiger partial charge in [-0.3, -0.25) is 10.5 Å². The third-order valence-corrected chi connectivity index (χ3v) is 0.916. The first-order chi connectivity index (χ1) is 3.29. The lowest BCUT2D eigenvalue weighted by Gasteiger charge is -1.96. The van der Waals surface area contributed by atoms with Crippen molar-refractivity contribution in [3.63, 3.8) is 0 Å². The van der Waals surface area contributed by atoms with Crippen LogP contribution in [-0.2, 0) is 9.53 Å². The molecule has 0 aromatic heterocycles. The molecule has 1 aliphatic rings. The van der Waals surface area contributed by atoms with Gasteiger partial charge in [0, 0.05) is 6.42 Å². The van der Waals surface area contributed by atoms with Gasteiger partial charge in [0.25, 0.3) is 0 Å². The lowest BCUT2D eigenvalue weighted by atomic mass is 10.3. The fourth-order valence-electron chi connectivity index (χ4n) is 0.547. The fourth-order valence-corrected chi connectivity index (χ4v) is 0.547. The summed E-state index contributed by atoms with van der Waals surface area (Å²) in [7, 11) is 0. The second kappa shape index (κ2) is 2.89. The van der Waals surface area contributed by atoms with Crippen LogP contribution in [0.15, 0.2) is 0 Å². The Morgan fingerprint density at radius 1 is 1.75 bits per heavy atom. The smallest absolute Gasteiger partial charge is 0.307 e. The number of carbonyl (C=O) groups excluding carboxylic acids is 1. The van der Waals surface area contributed by atoms with E-state index in [9.17, 15) is 4.79 Å². The highest BCUT2D eigenvalue weighted by Gasteiger charge is 2.18. The van der Waals surface area contributed by atoms with E-state index in [1.807, 2.05) is 0 Å². The van der Waals surface area contributed by atoms with Gasteiger partial charge in [0.2, 0.25) is 0 Å². The van der Waals surface area contributed by atoms with E-state index in [0.29, 0.717) is 12.8 Å². The number of rotatable bonds is 0. The standard InChI is InChI=1S/C4H7NO2.ClH/c5-3-1-2-4(6)7-3;/h3H,1-2,5H2;1H. The van der Waals surface area contributed by atoms with Gasteiger partial charge in [-0.05, 0) is 0 Å². The van der Waals surface area contributed by atoms with Gasteiger partial charge in [-0.25, -0.2) is 0 Å². The molecule has 0 radical (unpaired) electrons. The molecule has 1 heterocycles. The maximum absolute atomic E-state index is 10.2. The first kappa shape index (κ1) is 7.72. The Labute approximate surface area is 53.6 Å². The minimum atomic E-state index is -0.326. The first-order valence-corrected chi connectivity index (χ1v) is 2.24. The fraction of sp³-hybridized carbons (Fsp3) is 0.750. The van der Waals surface area contributed by atoms with Gasteiger partial charge >= 0.3 is 5.97 Å². The highest BCUT2D eigenvalue weighted by atomic mass is 35.5. The van der Waals surface area contributed by atoms with Crippen LogP contribution in [0.2, 0.25) is 0 Å². The van der Waals surface area contributed by atoms with Crippen LogP contribution < -0.4 is 5.73 Å². The molecule has 0 bridgehead atoms. The van der Waals surface area contributed by atoms with Gasteiger partial charge in [-0.1, -0.05) is 0 Å². The average Bonchev–Trinajstić information content (AvgIpc) is 1.87. The summed E-state index contributed by atoms with van der Waals surface area (Å²) in [5, 5.41) is 0. The molecule has 1 atom stereocenters. The van der Waals surface area contributed by atoms with E-state index in [2.05, 4.69) is 4.74 Å². The summed E-state index contributed by atoms with van der Waals surface area (Å²) in [6.45, 7) is 0. The van der Waals surface area contributed by atoms with Crippen molar-refractivity contribution in [2.45, 2.75) is 19.1 Å². The number of carbonyl (C=O) groups is 1. The second-order valence-corrected chi connectivity index (χ2v) is 1.57. The van der Waals surface area contributed by atoms with Gasteiger partial charge in [-0.15, -0.1) is 12.4 Å². The summed E-state index contributed by atoms with van der Waals surface area (Å²) in [6, 6.07) is 0. The summed E-state index contributed by atoms with van der Waals surface area (Å²) >= 11 is 0. The number of cyclic esters (lactones) is 1. The molecule has 0 saturated carbocycles. The molecule has 0 aliphatic carbocycles. The predicted octanol–water partition coefficient (Wildman–Crippen LogP) is 0.0300. The summed E-state index contributed by atoms with van der Waals surface area (Å²) < 4.78 is 4.50. The van der Waals surface area contributed by atoms with E-state index >= 15 is 0 Å². The van der Waals surface area contributed by atoms with Crippen LogP contribution in [0, 0.1) is 0 Å². The third-order valence-electron chi connectivity index (χ3n) is 0.916. The molecule has 1 unspecified atom stereocenters. The Bertz CT molecular complexity index is 96.0. The van der Waals surface area contributed by atoms with Crippen molar-refractivity contribution < 1.29 is 9.53 Å². The highest BCUT2D eigenvalue weighted by molar-refractivity contribution is 5.85. The van der Waals surface area contributed by atoms with Crippen molar-refractivity contribution in [3.8, 4) is 0 Å². The lowest BCUT2D eigenvalue weighted by molar-refractivity contribution is -0.141. The molecular weight excluding hydrogens is 130 g/mol. The molecular formula is C4H8ClNO2. The summed E-state index contributed by atoms with van der Waals surface area (Å²) in [6.07, 6.45) is 0.840. The third kappa shape index (κ3) is 1.68. The molecule has 1 fully saturated rings. The number of hydrogen-bond donors (Lipinski definition) is 1. The van der Waals surface area contributed by atoms with E-state index in [1.165, 1.54) is 0 Å². The maximum atomic E-state index is 10.2. The van der Waals surface area contributed by atoms with Crippen molar-refractivity contribution in [3.05, 3.63) is 0 Å². The van der Waals surface area contributed by atoms with E-state index in [4.69, 9.17) is 5.73 Å². The topological polar surface area (TPSA) is 52.3 Å². The highest BCUT2D eigenvalue weighted by Crippen LogP contribution is 2.07. The summed E-state index contributed by atoms with van der Waals surface area (Å²) in [5.41, 5.74) is 5.18. The van der Waals surface area contributed by atoms with Crippen LogP contribution >= 0.6 is 12.4 Å². The molecule has 1 rings (SSSR count). The van der Waals surface area contributed by atoms with Crippen molar-refractivity contribution >= 4 is 18.4 Å². The quantitative estimate of drug-likeness (QED) is 0.480. The van der Waals surface area contributed by atoms with E-state index in [-0.39, 0.29) is 24.6 Å². The Morgan fingerprint density at radius 3 is 2.50 bits per heavy atom. The van der Waals surface area contributed by atoms with E-state index in [0.717, 1.165) is 0 Å². The monoisotopic (exact) mass is 137 g/mol. The Balaban J connectivity index is 0.000000490. The van der Waals surface area contributed by atoms with Crippen LogP contribution in [0.1, 0.15) is 12.8 Å². The number of halogens is 1. The second-order valence-electron chi connectivity index (χ2n) is 1.57. The first-order valence-electron chi connectivity index (χ1n) is 2.24. The number of ether oxygens (including phenoxy) is 1. The zero-order valence-electron chi connectivity index (χ0n) is 4.29. The SMILES string of the molecule is Cl.NC1CCC(=O)O1. The summed E-state index contributed by atoms with van der Waals surface area (Å²) in [5.74, 6) is -0.174. The average molecular weight is 138 g/mol. The van der Waals surface area contributed by atoms with Crippen LogP contribution in [0.25, 0.3) is 0 Å². The normalized spacial score (nSPS) is 26.6. The minimum absolute atomic E-state index is 0. The van der Waals surface area contributed by atoms with Crippen molar-refractivity contribution in [2.75, 3.05) is 0 Å². The van der Waals surface area contributed by atoms with Crippen LogP contribution in [0.3, 0.4) is 0 Å². The van der Waals surface area contributed by atoms with E-state index < -0.39 is 0 Å². The Hall–Kier alpha value is -0.280. The molecule has 1 aliphatic heterocycles. The number of nitrogens with two attached hydrogens (primary N) is 1. The van der Waals surface area contributed by atoms with Gasteiger partial charge in [0.05, 0.1) is 6.42 Å². The molecule has 0 aromatic rings. The van der Waals surface area contributed by atoms with Crippen LogP contribution in [0.5, 0.6) is 0 Å². The predicted molar refractivity (Wildman–Crippen MR) is 30.5 cm³/mol. The Morgan fingerprint density at radius 2 is 2.38 bits per heavy atom. The summed E-state index contributed by atoms with van der Waals surface area (Å²) in [4.78, 5) is 10.2.